The molecule has 0 radical (unpaired) electrons. The molecule has 0 saturated heterocycles. The van der Waals surface area contributed by atoms with Crippen molar-refractivity contribution in [2.45, 2.75) is 39.5 Å². The summed E-state index contributed by atoms with van der Waals surface area (Å²) in [6.45, 7) is 11.1. The van der Waals surface area contributed by atoms with Gasteiger partial charge in [0.05, 0.1) is 7.11 Å². The van der Waals surface area contributed by atoms with E-state index in [1.165, 1.54) is 5.56 Å². The molecule has 0 aliphatic rings. The molecule has 0 aliphatic carbocycles. The Labute approximate surface area is 126 Å². The Kier molecular flexibility index (Phi) is 6.34. The summed E-state index contributed by atoms with van der Waals surface area (Å²) in [7, 11) is 1.74. The van der Waals surface area contributed by atoms with Crippen LogP contribution in [-0.4, -0.2) is 20.2 Å². The fourth-order valence-corrected chi connectivity index (χ4v) is 2.50. The summed E-state index contributed by atoms with van der Waals surface area (Å²) in [4.78, 5) is 0. The number of nitrogens with one attached hydrogen (secondary N) is 1. The van der Waals surface area contributed by atoms with Crippen molar-refractivity contribution < 1.29 is 4.74 Å². The molecule has 1 N–H and O–H groups in total. The van der Waals surface area contributed by atoms with E-state index in [1.807, 2.05) is 12.1 Å². The Morgan fingerprint density at radius 2 is 2.00 bits per heavy atom. The lowest BCUT2D eigenvalue weighted by Gasteiger charge is -2.27. The second-order valence-corrected chi connectivity index (χ2v) is 6.99. The minimum Gasteiger partial charge on any atom is -0.496 e. The summed E-state index contributed by atoms with van der Waals surface area (Å²) >= 11 is 3.55. The van der Waals surface area contributed by atoms with E-state index in [-0.39, 0.29) is 5.41 Å². The minimum atomic E-state index is 0.0963. The van der Waals surface area contributed by atoms with Gasteiger partial charge in [-0.1, -0.05) is 43.6 Å². The topological polar surface area (TPSA) is 21.3 Å². The molecule has 0 unspecified atom stereocenters. The lowest BCUT2D eigenvalue weighted by Crippen LogP contribution is -2.28. The fraction of sp³-hybridized carbons (Fsp3) is 0.625. The SMILES string of the molecule is COc1ccc(Br)cc1C(C)(C)CCNCC(C)C. The van der Waals surface area contributed by atoms with Crippen LogP contribution in [-0.2, 0) is 5.41 Å². The van der Waals surface area contributed by atoms with E-state index in [4.69, 9.17) is 4.74 Å². The van der Waals surface area contributed by atoms with E-state index >= 15 is 0 Å². The van der Waals surface area contributed by atoms with E-state index in [0.29, 0.717) is 5.92 Å². The molecule has 0 fully saturated rings. The van der Waals surface area contributed by atoms with Crippen LogP contribution in [0.5, 0.6) is 5.75 Å². The molecule has 1 rings (SSSR count). The van der Waals surface area contributed by atoms with Crippen molar-refractivity contribution in [3.05, 3.63) is 28.2 Å². The van der Waals surface area contributed by atoms with Gasteiger partial charge in [0.1, 0.15) is 5.75 Å². The molecular formula is C16H26BrNO. The van der Waals surface area contributed by atoms with Gasteiger partial charge >= 0.3 is 0 Å². The van der Waals surface area contributed by atoms with Crippen LogP contribution < -0.4 is 10.1 Å². The molecule has 0 spiro atoms. The van der Waals surface area contributed by atoms with Gasteiger partial charge < -0.3 is 10.1 Å². The van der Waals surface area contributed by atoms with E-state index in [9.17, 15) is 0 Å². The van der Waals surface area contributed by atoms with Crippen molar-refractivity contribution >= 4 is 15.9 Å². The molecule has 1 aromatic rings. The first kappa shape index (κ1) is 16.5. The molecular weight excluding hydrogens is 302 g/mol. The third kappa shape index (κ3) is 5.15. The van der Waals surface area contributed by atoms with E-state index in [1.54, 1.807) is 7.11 Å². The van der Waals surface area contributed by atoms with Gasteiger partial charge in [-0.25, -0.2) is 0 Å². The predicted octanol–water partition coefficient (Wildman–Crippen LogP) is 4.37. The van der Waals surface area contributed by atoms with Gasteiger partial charge in [-0.2, -0.15) is 0 Å². The summed E-state index contributed by atoms with van der Waals surface area (Å²) in [5, 5.41) is 3.51. The van der Waals surface area contributed by atoms with Crippen molar-refractivity contribution in [2.75, 3.05) is 20.2 Å². The van der Waals surface area contributed by atoms with Gasteiger partial charge in [0.15, 0.2) is 0 Å². The smallest absolute Gasteiger partial charge is 0.122 e. The number of ether oxygens (including phenoxy) is 1. The molecule has 19 heavy (non-hydrogen) atoms. The summed E-state index contributed by atoms with van der Waals surface area (Å²) in [6, 6.07) is 6.22. The van der Waals surface area contributed by atoms with Crippen LogP contribution >= 0.6 is 15.9 Å². The number of methoxy groups -OCH3 is 1. The first-order chi connectivity index (χ1) is 8.86. The van der Waals surface area contributed by atoms with Crippen LogP contribution in [0.1, 0.15) is 39.7 Å². The molecule has 2 nitrogen and oxygen atoms in total. The average Bonchev–Trinajstić information content (AvgIpc) is 2.34. The molecule has 0 saturated carbocycles. The molecule has 0 aromatic heterocycles. The Balaban J connectivity index is 2.73. The summed E-state index contributed by atoms with van der Waals surface area (Å²) in [6.07, 6.45) is 1.09. The quantitative estimate of drug-likeness (QED) is 0.751. The van der Waals surface area contributed by atoms with Crippen LogP contribution in [0.25, 0.3) is 0 Å². The van der Waals surface area contributed by atoms with Crippen molar-refractivity contribution in [3.8, 4) is 5.75 Å². The summed E-state index contributed by atoms with van der Waals surface area (Å²) in [5.41, 5.74) is 1.36. The largest absolute Gasteiger partial charge is 0.496 e. The van der Waals surface area contributed by atoms with E-state index < -0.39 is 0 Å². The van der Waals surface area contributed by atoms with Crippen LogP contribution in [0.2, 0.25) is 0 Å². The monoisotopic (exact) mass is 327 g/mol. The van der Waals surface area contributed by atoms with Crippen LogP contribution in [0, 0.1) is 5.92 Å². The first-order valence-electron chi connectivity index (χ1n) is 6.91. The van der Waals surface area contributed by atoms with E-state index in [2.05, 4.69) is 55.0 Å². The highest BCUT2D eigenvalue weighted by molar-refractivity contribution is 9.10. The standard InChI is InChI=1S/C16H26BrNO/c1-12(2)11-18-9-8-16(3,4)14-10-13(17)6-7-15(14)19-5/h6-7,10,12,18H,8-9,11H2,1-5H3. The molecule has 0 amide bonds. The zero-order valence-corrected chi connectivity index (χ0v) is 14.3. The van der Waals surface area contributed by atoms with E-state index in [0.717, 1.165) is 29.7 Å². The molecule has 1 aromatic carbocycles. The van der Waals surface area contributed by atoms with Gasteiger partial charge in [-0.05, 0) is 49.0 Å². The van der Waals surface area contributed by atoms with Crippen molar-refractivity contribution in [1.29, 1.82) is 0 Å². The van der Waals surface area contributed by atoms with Gasteiger partial charge in [0.2, 0.25) is 0 Å². The van der Waals surface area contributed by atoms with Crippen LogP contribution in [0.15, 0.2) is 22.7 Å². The Hall–Kier alpha value is -0.540. The number of halogens is 1. The number of hydrogen-bond acceptors (Lipinski definition) is 2. The Bertz CT molecular complexity index is 402. The van der Waals surface area contributed by atoms with Gasteiger partial charge in [0, 0.05) is 10.0 Å². The molecule has 0 heterocycles. The van der Waals surface area contributed by atoms with Crippen molar-refractivity contribution in [1.82, 2.24) is 5.32 Å². The number of rotatable bonds is 7. The zero-order valence-electron chi connectivity index (χ0n) is 12.7. The molecule has 3 heteroatoms. The lowest BCUT2D eigenvalue weighted by molar-refractivity contribution is 0.380. The first-order valence-corrected chi connectivity index (χ1v) is 7.71. The van der Waals surface area contributed by atoms with Gasteiger partial charge in [-0.3, -0.25) is 0 Å². The Morgan fingerprint density at radius 3 is 2.58 bits per heavy atom. The van der Waals surface area contributed by atoms with Crippen LogP contribution in [0.4, 0.5) is 0 Å². The van der Waals surface area contributed by atoms with Gasteiger partial charge in [-0.15, -0.1) is 0 Å². The normalized spacial score (nSPS) is 11.9. The highest BCUT2D eigenvalue weighted by atomic mass is 79.9. The van der Waals surface area contributed by atoms with Gasteiger partial charge in [0.25, 0.3) is 0 Å². The van der Waals surface area contributed by atoms with Crippen molar-refractivity contribution in [2.24, 2.45) is 5.92 Å². The zero-order chi connectivity index (χ0) is 14.5. The number of hydrogen-bond donors (Lipinski definition) is 1. The highest BCUT2D eigenvalue weighted by Crippen LogP contribution is 2.35. The molecule has 108 valence electrons. The third-order valence-corrected chi connectivity index (χ3v) is 3.86. The maximum atomic E-state index is 5.49. The second-order valence-electron chi connectivity index (χ2n) is 6.08. The maximum Gasteiger partial charge on any atom is 0.122 e. The lowest BCUT2D eigenvalue weighted by atomic mass is 9.81. The fourth-order valence-electron chi connectivity index (χ4n) is 2.14. The van der Waals surface area contributed by atoms with Crippen LogP contribution in [0.3, 0.4) is 0 Å². The number of benzene rings is 1. The molecule has 0 bridgehead atoms. The third-order valence-electron chi connectivity index (χ3n) is 3.37. The minimum absolute atomic E-state index is 0.0963. The summed E-state index contributed by atoms with van der Waals surface area (Å²) in [5.74, 6) is 1.67. The molecule has 0 aliphatic heterocycles. The second kappa shape index (κ2) is 7.30. The summed E-state index contributed by atoms with van der Waals surface area (Å²) < 4.78 is 6.59. The predicted molar refractivity (Wildman–Crippen MR) is 86.0 cm³/mol. The Morgan fingerprint density at radius 1 is 1.32 bits per heavy atom. The highest BCUT2D eigenvalue weighted by Gasteiger charge is 2.24. The average molecular weight is 328 g/mol. The van der Waals surface area contributed by atoms with Crippen molar-refractivity contribution in [3.63, 3.8) is 0 Å². The molecule has 0 atom stereocenters. The maximum absolute atomic E-state index is 5.49.